The van der Waals surface area contributed by atoms with Gasteiger partial charge in [0.05, 0.1) is 41.5 Å². The van der Waals surface area contributed by atoms with Gasteiger partial charge < -0.3 is 14.4 Å². The molecule has 0 bridgehead atoms. The third-order valence-electron chi connectivity index (χ3n) is 6.61. The maximum atomic E-state index is 6.03. The summed E-state index contributed by atoms with van der Waals surface area (Å²) < 4.78 is 21.5. The van der Waals surface area contributed by atoms with Crippen molar-refractivity contribution in [1.29, 1.82) is 0 Å². The van der Waals surface area contributed by atoms with Crippen LogP contribution in [-0.2, 0) is 16.0 Å². The number of nitrogens with zero attached hydrogens (tertiary/aromatic N) is 8. The Morgan fingerprint density at radius 2 is 2.15 bits per heavy atom. The third-order valence-corrected chi connectivity index (χ3v) is 7.48. The highest BCUT2D eigenvalue weighted by Crippen LogP contribution is 2.40. The maximum Gasteiger partial charge on any atom is 0.150 e. The fourth-order valence-electron chi connectivity index (χ4n) is 4.83. The Hall–Kier alpha value is -2.89. The Morgan fingerprint density at radius 1 is 1.21 bits per heavy atom. The minimum Gasteiger partial charge on any atom is -0.377 e. The molecular weight excluding hydrogens is 452 g/mol. The average Bonchev–Trinajstić information content (AvgIpc) is 3.63. The molecular formula is C23H28N8O2S. The maximum absolute atomic E-state index is 6.03. The summed E-state index contributed by atoms with van der Waals surface area (Å²) in [6, 6.07) is 4.39. The summed E-state index contributed by atoms with van der Waals surface area (Å²) in [5, 5.41) is 13.1. The van der Waals surface area contributed by atoms with Gasteiger partial charge in [0.15, 0.2) is 6.23 Å². The molecule has 11 heteroatoms. The molecule has 6 rings (SSSR count). The highest BCUT2D eigenvalue weighted by Gasteiger charge is 2.27. The van der Waals surface area contributed by atoms with E-state index >= 15 is 0 Å². The molecule has 178 valence electrons. The van der Waals surface area contributed by atoms with Crippen LogP contribution in [0.25, 0.3) is 32.9 Å². The molecule has 2 saturated heterocycles. The normalized spacial score (nSPS) is 21.4. The van der Waals surface area contributed by atoms with Crippen molar-refractivity contribution < 1.29 is 9.47 Å². The van der Waals surface area contributed by atoms with Gasteiger partial charge in [-0.15, -0.1) is 5.10 Å². The molecule has 4 aromatic rings. The zero-order valence-electron chi connectivity index (χ0n) is 19.4. The van der Waals surface area contributed by atoms with E-state index in [0.29, 0.717) is 13.2 Å². The number of fused-ring (bicyclic) bond motifs is 1. The lowest BCUT2D eigenvalue weighted by atomic mass is 10.1. The topological polar surface area (TPSA) is 96.0 Å². The van der Waals surface area contributed by atoms with E-state index in [-0.39, 0.29) is 12.3 Å². The Morgan fingerprint density at radius 3 is 2.97 bits per heavy atom. The number of ether oxygens (including phenoxy) is 2. The van der Waals surface area contributed by atoms with Crippen LogP contribution in [0.3, 0.4) is 0 Å². The summed E-state index contributed by atoms with van der Waals surface area (Å²) in [6.45, 7) is 7.91. The second-order valence-corrected chi connectivity index (χ2v) is 9.54. The Kier molecular flexibility index (Phi) is 5.75. The summed E-state index contributed by atoms with van der Waals surface area (Å²) in [5.74, 6) is 0.920. The lowest BCUT2D eigenvalue weighted by Gasteiger charge is -2.34. The van der Waals surface area contributed by atoms with Crippen LogP contribution in [0.15, 0.2) is 24.5 Å². The van der Waals surface area contributed by atoms with Crippen LogP contribution in [0.4, 0.5) is 5.82 Å². The van der Waals surface area contributed by atoms with Crippen LogP contribution < -0.4 is 4.90 Å². The second kappa shape index (κ2) is 9.05. The lowest BCUT2D eigenvalue weighted by molar-refractivity contribution is -0.0383. The van der Waals surface area contributed by atoms with Gasteiger partial charge in [0.1, 0.15) is 17.0 Å². The number of rotatable bonds is 5. The first-order valence-corrected chi connectivity index (χ1v) is 12.7. The molecule has 0 aliphatic carbocycles. The van der Waals surface area contributed by atoms with Crippen molar-refractivity contribution in [2.24, 2.45) is 0 Å². The van der Waals surface area contributed by atoms with Crippen molar-refractivity contribution in [1.82, 2.24) is 34.1 Å². The number of aryl methyl sites for hydroxylation is 1. The first kappa shape index (κ1) is 21.6. The van der Waals surface area contributed by atoms with E-state index in [0.717, 1.165) is 77.6 Å². The van der Waals surface area contributed by atoms with Crippen molar-refractivity contribution in [2.75, 3.05) is 31.3 Å². The van der Waals surface area contributed by atoms with Crippen molar-refractivity contribution in [2.45, 2.75) is 51.9 Å². The zero-order valence-corrected chi connectivity index (χ0v) is 20.2. The first-order valence-electron chi connectivity index (χ1n) is 11.9. The van der Waals surface area contributed by atoms with Gasteiger partial charge in [-0.1, -0.05) is 5.21 Å². The number of hydrogen-bond donors (Lipinski definition) is 0. The summed E-state index contributed by atoms with van der Waals surface area (Å²) >= 11 is 1.46. The molecule has 0 radical (unpaired) electrons. The standard InChI is InChI=1S/C23H28N8O2S/c1-3-30-18(13-24-28-30)16-12-19(29-9-11-32-14-15(29)2)26-22-21(27-34-23(16)22)17-7-8-25-31(17)20-6-4-5-10-33-20/h7-8,12-13,15,20H,3-6,9-11,14H2,1-2H3. The van der Waals surface area contributed by atoms with Gasteiger partial charge in [-0.25, -0.2) is 14.3 Å². The fraction of sp³-hybridized carbons (Fsp3) is 0.522. The SMILES string of the molecule is CCn1nncc1-c1cc(N2CCOCC2C)nc2c(-c3ccnn3C3CCCCO3)nsc12. The molecule has 2 aliphatic heterocycles. The van der Waals surface area contributed by atoms with E-state index in [4.69, 9.17) is 18.8 Å². The molecule has 0 amide bonds. The summed E-state index contributed by atoms with van der Waals surface area (Å²) in [5.41, 5.74) is 4.67. The monoisotopic (exact) mass is 480 g/mol. The van der Waals surface area contributed by atoms with Crippen LogP contribution in [-0.4, -0.2) is 66.5 Å². The van der Waals surface area contributed by atoms with Gasteiger partial charge in [0.2, 0.25) is 0 Å². The summed E-state index contributed by atoms with van der Waals surface area (Å²) in [6.07, 6.45) is 6.76. The Balaban J connectivity index is 1.53. The quantitative estimate of drug-likeness (QED) is 0.426. The van der Waals surface area contributed by atoms with Gasteiger partial charge in [0.25, 0.3) is 0 Å². The predicted octanol–water partition coefficient (Wildman–Crippen LogP) is 3.76. The molecule has 10 nitrogen and oxygen atoms in total. The van der Waals surface area contributed by atoms with Crippen molar-refractivity contribution in [3.63, 3.8) is 0 Å². The molecule has 2 aliphatic rings. The van der Waals surface area contributed by atoms with Gasteiger partial charge in [-0.3, -0.25) is 0 Å². The average molecular weight is 481 g/mol. The van der Waals surface area contributed by atoms with E-state index in [1.54, 1.807) is 0 Å². The van der Waals surface area contributed by atoms with Crippen molar-refractivity contribution in [3.8, 4) is 22.6 Å². The number of aromatic nitrogens is 7. The number of hydrogen-bond acceptors (Lipinski definition) is 9. The van der Waals surface area contributed by atoms with E-state index in [2.05, 4.69) is 40.2 Å². The zero-order chi connectivity index (χ0) is 23.1. The first-order chi connectivity index (χ1) is 16.7. The van der Waals surface area contributed by atoms with E-state index in [9.17, 15) is 0 Å². The lowest BCUT2D eigenvalue weighted by Crippen LogP contribution is -2.44. The molecule has 2 atom stereocenters. The second-order valence-electron chi connectivity index (χ2n) is 8.77. The number of pyridine rings is 1. The van der Waals surface area contributed by atoms with E-state index in [1.807, 2.05) is 27.8 Å². The van der Waals surface area contributed by atoms with E-state index < -0.39 is 0 Å². The molecule has 34 heavy (non-hydrogen) atoms. The van der Waals surface area contributed by atoms with Crippen LogP contribution in [0.5, 0.6) is 0 Å². The molecule has 6 heterocycles. The van der Waals surface area contributed by atoms with Crippen LogP contribution in [0.2, 0.25) is 0 Å². The third kappa shape index (κ3) is 3.68. The van der Waals surface area contributed by atoms with E-state index in [1.165, 1.54) is 11.5 Å². The Bertz CT molecular complexity index is 1290. The molecule has 4 aromatic heterocycles. The minimum atomic E-state index is -0.0665. The van der Waals surface area contributed by atoms with Gasteiger partial charge in [-0.05, 0) is 56.8 Å². The predicted molar refractivity (Wildman–Crippen MR) is 130 cm³/mol. The molecule has 2 unspecified atom stereocenters. The molecule has 0 aromatic carbocycles. The van der Waals surface area contributed by atoms with Gasteiger partial charge in [-0.2, -0.15) is 9.47 Å². The Labute approximate surface area is 201 Å². The molecule has 0 saturated carbocycles. The summed E-state index contributed by atoms with van der Waals surface area (Å²) in [4.78, 5) is 7.48. The molecule has 0 N–H and O–H groups in total. The number of morpholine rings is 1. The smallest absolute Gasteiger partial charge is 0.150 e. The van der Waals surface area contributed by atoms with Crippen LogP contribution >= 0.6 is 11.5 Å². The molecule has 0 spiro atoms. The summed E-state index contributed by atoms with van der Waals surface area (Å²) in [7, 11) is 0. The van der Waals surface area contributed by atoms with Crippen molar-refractivity contribution in [3.05, 3.63) is 24.5 Å². The van der Waals surface area contributed by atoms with Gasteiger partial charge in [0, 0.05) is 31.5 Å². The molecule has 2 fully saturated rings. The minimum absolute atomic E-state index is 0.0665. The van der Waals surface area contributed by atoms with Gasteiger partial charge >= 0.3 is 0 Å². The highest BCUT2D eigenvalue weighted by molar-refractivity contribution is 7.14. The number of anilines is 1. The van der Waals surface area contributed by atoms with Crippen LogP contribution in [0.1, 0.15) is 39.3 Å². The fourth-order valence-corrected chi connectivity index (χ4v) is 5.68. The van der Waals surface area contributed by atoms with Crippen LogP contribution in [0, 0.1) is 0 Å². The highest BCUT2D eigenvalue weighted by atomic mass is 32.1. The largest absolute Gasteiger partial charge is 0.377 e. The van der Waals surface area contributed by atoms with Crippen molar-refractivity contribution >= 4 is 27.6 Å².